The first-order chi connectivity index (χ1) is 15.7. The molecule has 7 heteroatoms. The second-order valence-electron chi connectivity index (χ2n) is 7.76. The molecule has 0 aliphatic carbocycles. The molecule has 0 N–H and O–H groups in total. The van der Waals surface area contributed by atoms with Crippen LogP contribution in [0.5, 0.6) is 17.5 Å². The summed E-state index contributed by atoms with van der Waals surface area (Å²) in [7, 11) is 0. The van der Waals surface area contributed by atoms with Gasteiger partial charge in [0.05, 0.1) is 5.69 Å². The molecule has 0 radical (unpaired) electrons. The molecule has 3 aromatic rings. The van der Waals surface area contributed by atoms with Crippen LogP contribution in [0.2, 0.25) is 0 Å². The predicted octanol–water partition coefficient (Wildman–Crippen LogP) is 3.23. The highest BCUT2D eigenvalue weighted by Crippen LogP contribution is 2.31. The number of ether oxygens (including phenoxy) is 3. The summed E-state index contributed by atoms with van der Waals surface area (Å²) in [5.74, 6) is 7.75. The zero-order valence-electron chi connectivity index (χ0n) is 17.8. The van der Waals surface area contributed by atoms with Crippen molar-refractivity contribution >= 4 is 0 Å². The van der Waals surface area contributed by atoms with Crippen molar-refractivity contribution in [2.75, 3.05) is 13.2 Å². The van der Waals surface area contributed by atoms with Crippen LogP contribution >= 0.6 is 0 Å². The van der Waals surface area contributed by atoms with Crippen LogP contribution in [0.3, 0.4) is 0 Å². The number of benzene rings is 1. The number of nitrogens with zero attached hydrogens (tertiary/aromatic N) is 3. The fourth-order valence-corrected chi connectivity index (χ4v) is 3.87. The van der Waals surface area contributed by atoms with E-state index in [1.807, 2.05) is 18.2 Å². The Hall–Kier alpha value is -3.79. The van der Waals surface area contributed by atoms with Gasteiger partial charge in [-0.25, -0.2) is 9.78 Å². The third kappa shape index (κ3) is 4.04. The van der Waals surface area contributed by atoms with Crippen LogP contribution in [0.1, 0.15) is 30.9 Å². The summed E-state index contributed by atoms with van der Waals surface area (Å²) < 4.78 is 19.0. The maximum absolute atomic E-state index is 12.6. The molecule has 0 saturated carbocycles. The van der Waals surface area contributed by atoms with Crippen molar-refractivity contribution in [3.05, 3.63) is 64.2 Å². The standard InChI is InChI=1S/C25H23N3O4/c1-2-3-4-6-17-8-9-20-18(13-17)10-12-28-21(20)14-23(27-25(28)29)30-15-19-16-31-24-22(32-19)7-5-11-26-24/h5,7-9,11,13-14,19H,2-3,10,12,15-16H2,1H3. The summed E-state index contributed by atoms with van der Waals surface area (Å²) in [5.41, 5.74) is 3.69. The van der Waals surface area contributed by atoms with Crippen molar-refractivity contribution in [3.63, 3.8) is 0 Å². The summed E-state index contributed by atoms with van der Waals surface area (Å²) >= 11 is 0. The van der Waals surface area contributed by atoms with Gasteiger partial charge in [0.25, 0.3) is 5.88 Å². The van der Waals surface area contributed by atoms with Gasteiger partial charge in [0.15, 0.2) is 11.9 Å². The Bertz CT molecular complexity index is 1270. The fraction of sp³-hybridized carbons (Fsp3) is 0.320. The van der Waals surface area contributed by atoms with Crippen molar-refractivity contribution in [2.24, 2.45) is 0 Å². The molecule has 7 nitrogen and oxygen atoms in total. The van der Waals surface area contributed by atoms with Gasteiger partial charge < -0.3 is 14.2 Å². The Morgan fingerprint density at radius 2 is 2.22 bits per heavy atom. The first-order valence-electron chi connectivity index (χ1n) is 10.8. The van der Waals surface area contributed by atoms with Crippen LogP contribution in [0.25, 0.3) is 11.3 Å². The summed E-state index contributed by atoms with van der Waals surface area (Å²) in [6, 6.07) is 11.6. The largest absolute Gasteiger partial charge is 0.478 e. The quantitative estimate of drug-likeness (QED) is 0.593. The predicted molar refractivity (Wildman–Crippen MR) is 119 cm³/mol. The number of hydrogen-bond acceptors (Lipinski definition) is 6. The first kappa shape index (κ1) is 20.1. The Kier molecular flexibility index (Phi) is 5.51. The van der Waals surface area contributed by atoms with E-state index >= 15 is 0 Å². The van der Waals surface area contributed by atoms with Gasteiger partial charge in [0.1, 0.15) is 13.2 Å². The highest BCUT2D eigenvalue weighted by molar-refractivity contribution is 5.67. The van der Waals surface area contributed by atoms with Gasteiger partial charge >= 0.3 is 5.69 Å². The Morgan fingerprint density at radius 3 is 3.12 bits per heavy atom. The maximum atomic E-state index is 12.6. The molecule has 2 aliphatic rings. The van der Waals surface area contributed by atoms with E-state index < -0.39 is 0 Å². The highest BCUT2D eigenvalue weighted by Gasteiger charge is 2.24. The number of aryl methyl sites for hydroxylation is 1. The lowest BCUT2D eigenvalue weighted by atomic mass is 9.95. The molecule has 1 aromatic carbocycles. The minimum Gasteiger partial charge on any atom is -0.478 e. The lowest BCUT2D eigenvalue weighted by Crippen LogP contribution is -2.35. The number of pyridine rings is 1. The molecule has 1 unspecified atom stereocenters. The van der Waals surface area contributed by atoms with Gasteiger partial charge in [-0.15, -0.1) is 0 Å². The minimum atomic E-state index is -0.316. The van der Waals surface area contributed by atoms with Crippen molar-refractivity contribution in [1.82, 2.24) is 14.5 Å². The summed E-state index contributed by atoms with van der Waals surface area (Å²) in [5, 5.41) is 0. The van der Waals surface area contributed by atoms with Gasteiger partial charge in [-0.1, -0.05) is 24.8 Å². The van der Waals surface area contributed by atoms with Gasteiger partial charge in [-0.2, -0.15) is 4.98 Å². The Labute approximate surface area is 186 Å². The van der Waals surface area contributed by atoms with Crippen molar-refractivity contribution in [1.29, 1.82) is 0 Å². The Morgan fingerprint density at radius 1 is 1.28 bits per heavy atom. The molecule has 0 fully saturated rings. The van der Waals surface area contributed by atoms with E-state index in [1.54, 1.807) is 22.9 Å². The molecular weight excluding hydrogens is 406 g/mol. The van der Waals surface area contributed by atoms with Crippen LogP contribution < -0.4 is 19.9 Å². The zero-order chi connectivity index (χ0) is 21.9. The second-order valence-corrected chi connectivity index (χ2v) is 7.76. The summed E-state index contributed by atoms with van der Waals surface area (Å²) in [6.45, 7) is 3.23. The molecule has 2 aliphatic heterocycles. The SMILES string of the molecule is CCCC#Cc1ccc2c(c1)CCn1c-2cc(OCC2COc3ncccc3O2)nc1=O. The number of hydrogen-bond donors (Lipinski definition) is 0. The minimum absolute atomic E-state index is 0.211. The monoisotopic (exact) mass is 429 g/mol. The van der Waals surface area contributed by atoms with Crippen molar-refractivity contribution in [3.8, 4) is 40.6 Å². The van der Waals surface area contributed by atoms with E-state index in [2.05, 4.69) is 34.8 Å². The zero-order valence-corrected chi connectivity index (χ0v) is 17.8. The molecule has 0 bridgehead atoms. The van der Waals surface area contributed by atoms with E-state index in [0.717, 1.165) is 36.1 Å². The molecule has 5 rings (SSSR count). The van der Waals surface area contributed by atoms with Crippen molar-refractivity contribution < 1.29 is 14.2 Å². The molecule has 1 atom stereocenters. The van der Waals surface area contributed by atoms with Crippen LogP contribution in [-0.4, -0.2) is 33.9 Å². The lowest BCUT2D eigenvalue weighted by molar-refractivity contribution is 0.0486. The molecular formula is C25H23N3O4. The highest BCUT2D eigenvalue weighted by atomic mass is 16.6. The van der Waals surface area contributed by atoms with Crippen molar-refractivity contribution in [2.45, 2.75) is 38.8 Å². The number of fused-ring (bicyclic) bond motifs is 4. The molecule has 0 amide bonds. The lowest BCUT2D eigenvalue weighted by Gasteiger charge is -2.25. The van der Waals surface area contributed by atoms with Crippen LogP contribution in [0.4, 0.5) is 0 Å². The average Bonchev–Trinajstić information content (AvgIpc) is 2.82. The Balaban J connectivity index is 1.35. The van der Waals surface area contributed by atoms with Crippen LogP contribution in [0.15, 0.2) is 47.4 Å². The van der Waals surface area contributed by atoms with Gasteiger partial charge in [0, 0.05) is 36.4 Å². The molecule has 0 spiro atoms. The van der Waals surface area contributed by atoms with Crippen LogP contribution in [-0.2, 0) is 13.0 Å². The van der Waals surface area contributed by atoms with Gasteiger partial charge in [-0.3, -0.25) is 4.57 Å². The smallest absolute Gasteiger partial charge is 0.351 e. The van der Waals surface area contributed by atoms with Gasteiger partial charge in [0.2, 0.25) is 5.88 Å². The van der Waals surface area contributed by atoms with E-state index in [4.69, 9.17) is 14.2 Å². The maximum Gasteiger partial charge on any atom is 0.351 e. The number of unbranched alkanes of at least 4 members (excludes halogenated alkanes) is 1. The molecule has 2 aromatic heterocycles. The first-order valence-corrected chi connectivity index (χ1v) is 10.8. The van der Waals surface area contributed by atoms with Gasteiger partial charge in [-0.05, 0) is 42.7 Å². The average molecular weight is 429 g/mol. The third-order valence-electron chi connectivity index (χ3n) is 5.43. The van der Waals surface area contributed by atoms with E-state index in [9.17, 15) is 4.79 Å². The number of rotatable bonds is 4. The normalized spacial score (nSPS) is 15.7. The topological polar surface area (TPSA) is 75.5 Å². The molecule has 32 heavy (non-hydrogen) atoms. The molecule has 0 saturated heterocycles. The summed E-state index contributed by atoms with van der Waals surface area (Å²) in [6.07, 6.45) is 4.05. The van der Waals surface area contributed by atoms with E-state index in [-0.39, 0.29) is 24.3 Å². The number of aromatic nitrogens is 3. The van der Waals surface area contributed by atoms with Crippen LogP contribution in [0, 0.1) is 11.8 Å². The van der Waals surface area contributed by atoms with E-state index in [0.29, 0.717) is 24.8 Å². The summed E-state index contributed by atoms with van der Waals surface area (Å²) in [4.78, 5) is 20.9. The fourth-order valence-electron chi connectivity index (χ4n) is 3.87. The third-order valence-corrected chi connectivity index (χ3v) is 5.43. The van der Waals surface area contributed by atoms with E-state index in [1.165, 1.54) is 5.56 Å². The molecule has 4 heterocycles. The molecule has 162 valence electrons. The second kappa shape index (κ2) is 8.75.